The van der Waals surface area contributed by atoms with E-state index in [0.29, 0.717) is 11.3 Å². The highest BCUT2D eigenvalue weighted by molar-refractivity contribution is 5.73. The molecule has 0 unspecified atom stereocenters. The van der Waals surface area contributed by atoms with Crippen molar-refractivity contribution < 1.29 is 22.7 Å². The van der Waals surface area contributed by atoms with Crippen molar-refractivity contribution in [2.24, 2.45) is 0 Å². The zero-order chi connectivity index (χ0) is 16.2. The van der Waals surface area contributed by atoms with E-state index >= 15 is 0 Å². The van der Waals surface area contributed by atoms with Crippen molar-refractivity contribution in [2.45, 2.75) is 12.6 Å². The molecule has 0 aliphatic heterocycles. The Hall–Kier alpha value is -2.64. The van der Waals surface area contributed by atoms with Crippen LogP contribution >= 0.6 is 0 Å². The molecule has 0 saturated heterocycles. The fourth-order valence-electron chi connectivity index (χ4n) is 1.70. The molecule has 1 aromatic carbocycles. The summed E-state index contributed by atoms with van der Waals surface area (Å²) in [6.07, 6.45) is -4.42. The molecule has 8 heteroatoms. The largest absolute Gasteiger partial charge is 0.469 e. The maximum Gasteiger partial charge on any atom is 0.435 e. The topological polar surface area (TPSA) is 64.1 Å². The van der Waals surface area contributed by atoms with Crippen LogP contribution in [0.3, 0.4) is 0 Å². The quantitative estimate of drug-likeness (QED) is 0.880. The third-order valence-corrected chi connectivity index (χ3v) is 2.73. The van der Waals surface area contributed by atoms with Crippen molar-refractivity contribution in [3.05, 3.63) is 47.7 Å². The van der Waals surface area contributed by atoms with Gasteiger partial charge in [-0.15, -0.1) is 10.2 Å². The van der Waals surface area contributed by atoms with Crippen LogP contribution in [0.2, 0.25) is 0 Å². The molecule has 0 radical (unpaired) electrons. The number of hydrogen-bond donors (Lipinski definition) is 1. The van der Waals surface area contributed by atoms with Crippen LogP contribution in [-0.4, -0.2) is 23.3 Å². The molecule has 1 heterocycles. The van der Waals surface area contributed by atoms with Crippen LogP contribution in [0.5, 0.6) is 0 Å². The molecule has 0 amide bonds. The number of hydrogen-bond acceptors (Lipinski definition) is 5. The average Bonchev–Trinajstić information content (AvgIpc) is 2.47. The molecule has 0 spiro atoms. The van der Waals surface area contributed by atoms with Gasteiger partial charge in [0.05, 0.1) is 13.5 Å². The summed E-state index contributed by atoms with van der Waals surface area (Å²) in [7, 11) is 1.29. The minimum absolute atomic E-state index is 0.102. The molecule has 116 valence electrons. The highest BCUT2D eigenvalue weighted by Gasteiger charge is 2.32. The summed E-state index contributed by atoms with van der Waals surface area (Å²) in [6.45, 7) is 0. The number of methoxy groups -OCH3 is 1. The summed E-state index contributed by atoms with van der Waals surface area (Å²) in [5, 5.41) is 9.41. The standard InChI is InChI=1S/C14H12F3N3O2/c1-22-13(21)8-9-3-2-4-10(7-9)18-12-6-5-11(19-20-12)14(15,16)17/h2-7H,8H2,1H3,(H,18,20). The number of carbonyl (C=O) groups excluding carboxylic acids is 1. The molecule has 0 atom stereocenters. The van der Waals surface area contributed by atoms with Crippen molar-refractivity contribution in [3.63, 3.8) is 0 Å². The van der Waals surface area contributed by atoms with Gasteiger partial charge >= 0.3 is 12.1 Å². The summed E-state index contributed by atoms with van der Waals surface area (Å²) < 4.78 is 41.7. The molecule has 0 aliphatic carbocycles. The van der Waals surface area contributed by atoms with E-state index in [2.05, 4.69) is 20.3 Å². The number of nitrogens with one attached hydrogen (secondary N) is 1. The molecule has 1 N–H and O–H groups in total. The Labute approximate surface area is 124 Å². The summed E-state index contributed by atoms with van der Waals surface area (Å²) in [5.74, 6) is -0.213. The maximum absolute atomic E-state index is 12.4. The van der Waals surface area contributed by atoms with Crippen LogP contribution in [0.1, 0.15) is 11.3 Å². The Bertz CT molecular complexity index is 657. The number of halogens is 3. The van der Waals surface area contributed by atoms with Crippen molar-refractivity contribution in [1.82, 2.24) is 10.2 Å². The summed E-state index contributed by atoms with van der Waals surface area (Å²) in [6, 6.07) is 8.84. The monoisotopic (exact) mass is 311 g/mol. The van der Waals surface area contributed by atoms with E-state index in [1.165, 1.54) is 13.2 Å². The Morgan fingerprint density at radius 1 is 1.23 bits per heavy atom. The van der Waals surface area contributed by atoms with Gasteiger partial charge in [0.15, 0.2) is 11.5 Å². The van der Waals surface area contributed by atoms with E-state index in [1.807, 2.05) is 0 Å². The number of alkyl halides is 3. The third kappa shape index (κ3) is 4.18. The Kier molecular flexibility index (Phi) is 4.59. The molecule has 2 rings (SSSR count). The normalized spacial score (nSPS) is 11.1. The predicted octanol–water partition coefficient (Wildman–Crippen LogP) is 2.95. The van der Waals surface area contributed by atoms with Gasteiger partial charge in [-0.05, 0) is 29.8 Å². The van der Waals surface area contributed by atoms with Gasteiger partial charge in [0.25, 0.3) is 0 Å². The lowest BCUT2D eigenvalue weighted by Crippen LogP contribution is -2.09. The van der Waals surface area contributed by atoms with Gasteiger partial charge in [0.1, 0.15) is 0 Å². The highest BCUT2D eigenvalue weighted by Crippen LogP contribution is 2.27. The molecule has 1 aromatic heterocycles. The smallest absolute Gasteiger partial charge is 0.435 e. The molecule has 22 heavy (non-hydrogen) atoms. The average molecular weight is 311 g/mol. The predicted molar refractivity (Wildman–Crippen MR) is 72.5 cm³/mol. The number of nitrogens with zero attached hydrogens (tertiary/aromatic N) is 2. The van der Waals surface area contributed by atoms with Crippen LogP contribution in [0.25, 0.3) is 0 Å². The summed E-state index contributed by atoms with van der Waals surface area (Å²) >= 11 is 0. The van der Waals surface area contributed by atoms with Crippen LogP contribution in [-0.2, 0) is 22.1 Å². The van der Waals surface area contributed by atoms with Crippen LogP contribution < -0.4 is 5.32 Å². The Balaban J connectivity index is 2.10. The molecular formula is C14H12F3N3O2. The second-order valence-corrected chi connectivity index (χ2v) is 4.38. The number of benzene rings is 1. The summed E-state index contributed by atoms with van der Waals surface area (Å²) in [5.41, 5.74) is 0.227. The van der Waals surface area contributed by atoms with Gasteiger partial charge in [0, 0.05) is 5.69 Å². The van der Waals surface area contributed by atoms with E-state index in [9.17, 15) is 18.0 Å². The van der Waals surface area contributed by atoms with Gasteiger partial charge in [-0.25, -0.2) is 0 Å². The molecule has 0 saturated carbocycles. The van der Waals surface area contributed by atoms with E-state index in [-0.39, 0.29) is 18.2 Å². The number of anilines is 2. The van der Waals surface area contributed by atoms with Gasteiger partial charge in [0.2, 0.25) is 0 Å². The Morgan fingerprint density at radius 2 is 2.00 bits per heavy atom. The maximum atomic E-state index is 12.4. The number of esters is 1. The van der Waals surface area contributed by atoms with Crippen LogP contribution in [0, 0.1) is 0 Å². The van der Waals surface area contributed by atoms with Gasteiger partial charge in [-0.3, -0.25) is 4.79 Å². The number of aromatic nitrogens is 2. The third-order valence-electron chi connectivity index (χ3n) is 2.73. The van der Waals surface area contributed by atoms with E-state index in [0.717, 1.165) is 6.07 Å². The lowest BCUT2D eigenvalue weighted by molar-refractivity contribution is -0.142. The molecule has 2 aromatic rings. The second kappa shape index (κ2) is 6.42. The van der Waals surface area contributed by atoms with Crippen LogP contribution in [0.4, 0.5) is 24.7 Å². The van der Waals surface area contributed by atoms with E-state index in [1.54, 1.807) is 24.3 Å². The highest BCUT2D eigenvalue weighted by atomic mass is 19.4. The van der Waals surface area contributed by atoms with Gasteiger partial charge in [-0.1, -0.05) is 12.1 Å². The number of ether oxygens (including phenoxy) is 1. The van der Waals surface area contributed by atoms with Gasteiger partial charge in [-0.2, -0.15) is 13.2 Å². The van der Waals surface area contributed by atoms with Crippen molar-refractivity contribution in [3.8, 4) is 0 Å². The molecule has 0 fully saturated rings. The zero-order valence-corrected chi connectivity index (χ0v) is 11.5. The van der Waals surface area contributed by atoms with E-state index in [4.69, 9.17) is 0 Å². The number of carbonyl (C=O) groups is 1. The van der Waals surface area contributed by atoms with Crippen molar-refractivity contribution in [1.29, 1.82) is 0 Å². The Morgan fingerprint density at radius 3 is 2.59 bits per heavy atom. The van der Waals surface area contributed by atoms with Crippen molar-refractivity contribution >= 4 is 17.5 Å². The molecule has 0 bridgehead atoms. The van der Waals surface area contributed by atoms with E-state index < -0.39 is 11.9 Å². The first kappa shape index (κ1) is 15.7. The van der Waals surface area contributed by atoms with Gasteiger partial charge < -0.3 is 10.1 Å². The SMILES string of the molecule is COC(=O)Cc1cccc(Nc2ccc(C(F)(F)F)nn2)c1. The zero-order valence-electron chi connectivity index (χ0n) is 11.5. The molecule has 0 aliphatic rings. The molecule has 5 nitrogen and oxygen atoms in total. The number of rotatable bonds is 4. The molecular weight excluding hydrogens is 299 g/mol. The fraction of sp³-hybridized carbons (Fsp3) is 0.214. The lowest BCUT2D eigenvalue weighted by atomic mass is 10.1. The minimum Gasteiger partial charge on any atom is -0.469 e. The lowest BCUT2D eigenvalue weighted by Gasteiger charge is -2.08. The van der Waals surface area contributed by atoms with Crippen molar-refractivity contribution in [2.75, 3.05) is 12.4 Å². The second-order valence-electron chi connectivity index (χ2n) is 4.38. The summed E-state index contributed by atoms with van der Waals surface area (Å²) in [4.78, 5) is 11.2. The first-order valence-corrected chi connectivity index (χ1v) is 6.22. The minimum atomic E-state index is -4.52. The first-order valence-electron chi connectivity index (χ1n) is 6.22. The van der Waals surface area contributed by atoms with Crippen LogP contribution in [0.15, 0.2) is 36.4 Å². The first-order chi connectivity index (χ1) is 10.4. The fourth-order valence-corrected chi connectivity index (χ4v) is 1.70.